The molecule has 1 aromatic carbocycles. The van der Waals surface area contributed by atoms with Gasteiger partial charge in [-0.15, -0.1) is 23.7 Å². The van der Waals surface area contributed by atoms with E-state index >= 15 is 0 Å². The summed E-state index contributed by atoms with van der Waals surface area (Å²) in [5, 5.41) is 4.91. The van der Waals surface area contributed by atoms with Crippen molar-refractivity contribution in [2.24, 2.45) is 0 Å². The van der Waals surface area contributed by atoms with Crippen LogP contribution in [0.5, 0.6) is 0 Å². The van der Waals surface area contributed by atoms with Crippen molar-refractivity contribution in [1.82, 2.24) is 5.32 Å². The summed E-state index contributed by atoms with van der Waals surface area (Å²) in [5.74, 6) is 2.68. The maximum atomic E-state index is 5.24. The van der Waals surface area contributed by atoms with Crippen molar-refractivity contribution in [3.63, 3.8) is 0 Å². The van der Waals surface area contributed by atoms with Gasteiger partial charge in [0.1, 0.15) is 0 Å². The van der Waals surface area contributed by atoms with E-state index in [1.807, 2.05) is 11.3 Å². The molecule has 1 atom stereocenters. The van der Waals surface area contributed by atoms with Crippen molar-refractivity contribution in [3.05, 3.63) is 35.2 Å². The molecule has 0 aliphatic rings. The minimum Gasteiger partial charge on any atom is -0.309 e. The van der Waals surface area contributed by atoms with Crippen LogP contribution in [-0.4, -0.2) is 6.54 Å². The highest BCUT2D eigenvalue weighted by Gasteiger charge is 2.08. The first-order valence-corrected chi connectivity index (χ1v) is 7.28. The highest BCUT2D eigenvalue weighted by atomic mass is 32.1. The van der Waals surface area contributed by atoms with Crippen LogP contribution >= 0.6 is 11.3 Å². The van der Waals surface area contributed by atoms with Crippen LogP contribution in [0.3, 0.4) is 0 Å². The molecule has 1 nitrogen and oxygen atoms in total. The number of thiophene rings is 1. The molecule has 1 N–H and O–H groups in total. The largest absolute Gasteiger partial charge is 0.309 e. The quantitative estimate of drug-likeness (QED) is 0.599. The van der Waals surface area contributed by atoms with Crippen molar-refractivity contribution in [3.8, 4) is 12.3 Å². The lowest BCUT2D eigenvalue weighted by molar-refractivity contribution is 0.556. The Morgan fingerprint density at radius 2 is 2.17 bits per heavy atom. The molecule has 2 heteroatoms. The van der Waals surface area contributed by atoms with E-state index in [1.54, 1.807) is 0 Å². The van der Waals surface area contributed by atoms with Crippen LogP contribution in [0.15, 0.2) is 30.3 Å². The summed E-state index contributed by atoms with van der Waals surface area (Å²) < 4.78 is 1.37. The molecule has 0 fully saturated rings. The van der Waals surface area contributed by atoms with E-state index < -0.39 is 0 Å². The Kier molecular flexibility index (Phi) is 4.81. The van der Waals surface area contributed by atoms with Gasteiger partial charge in [0.15, 0.2) is 0 Å². The topological polar surface area (TPSA) is 12.0 Å². The van der Waals surface area contributed by atoms with Gasteiger partial charge in [-0.05, 0) is 43.8 Å². The van der Waals surface area contributed by atoms with Gasteiger partial charge in [0.25, 0.3) is 0 Å². The average molecular weight is 257 g/mol. The maximum absolute atomic E-state index is 5.24. The summed E-state index contributed by atoms with van der Waals surface area (Å²) >= 11 is 1.88. The zero-order valence-electron chi connectivity index (χ0n) is 10.8. The molecule has 1 unspecified atom stereocenters. The molecule has 18 heavy (non-hydrogen) atoms. The van der Waals surface area contributed by atoms with E-state index in [0.29, 0.717) is 6.04 Å². The van der Waals surface area contributed by atoms with Crippen LogP contribution in [0.25, 0.3) is 10.1 Å². The Morgan fingerprint density at radius 1 is 1.33 bits per heavy atom. The van der Waals surface area contributed by atoms with E-state index in [0.717, 1.165) is 25.8 Å². The van der Waals surface area contributed by atoms with Crippen molar-refractivity contribution in [2.45, 2.75) is 32.2 Å². The Bertz CT molecular complexity index is 502. The molecule has 2 aromatic rings. The van der Waals surface area contributed by atoms with Gasteiger partial charge < -0.3 is 5.32 Å². The smallest absolute Gasteiger partial charge is 0.0386 e. The summed E-state index contributed by atoms with van der Waals surface area (Å²) in [6.45, 7) is 3.27. The summed E-state index contributed by atoms with van der Waals surface area (Å²) in [5.41, 5.74) is 0. The number of rotatable bonds is 6. The SMILES string of the molecule is C#CCCCCNC(C)c1cc2ccccc2s1. The number of hydrogen-bond acceptors (Lipinski definition) is 2. The molecule has 0 saturated carbocycles. The Balaban J connectivity index is 1.88. The predicted molar refractivity (Wildman–Crippen MR) is 80.9 cm³/mol. The molecular formula is C16H19NS. The third-order valence-electron chi connectivity index (χ3n) is 3.07. The summed E-state index contributed by atoms with van der Waals surface area (Å²) in [4.78, 5) is 1.41. The van der Waals surface area contributed by atoms with E-state index in [1.165, 1.54) is 15.0 Å². The predicted octanol–water partition coefficient (Wildman–Crippen LogP) is 4.36. The number of unbranched alkanes of at least 4 members (excludes halogenated alkanes) is 2. The highest BCUT2D eigenvalue weighted by molar-refractivity contribution is 7.19. The first-order chi connectivity index (χ1) is 8.81. The average Bonchev–Trinajstić information content (AvgIpc) is 2.82. The second-order valence-electron chi connectivity index (χ2n) is 4.52. The Hall–Kier alpha value is -1.30. The Morgan fingerprint density at radius 3 is 2.94 bits per heavy atom. The molecule has 0 spiro atoms. The molecule has 2 rings (SSSR count). The van der Waals surface area contributed by atoms with E-state index in [2.05, 4.69) is 48.5 Å². The molecule has 0 bridgehead atoms. The second kappa shape index (κ2) is 6.58. The van der Waals surface area contributed by atoms with Gasteiger partial charge in [-0.25, -0.2) is 0 Å². The van der Waals surface area contributed by atoms with E-state index in [-0.39, 0.29) is 0 Å². The summed E-state index contributed by atoms with van der Waals surface area (Å²) in [6.07, 6.45) is 8.39. The zero-order valence-corrected chi connectivity index (χ0v) is 11.6. The van der Waals surface area contributed by atoms with Gasteiger partial charge in [-0.2, -0.15) is 0 Å². The highest BCUT2D eigenvalue weighted by Crippen LogP contribution is 2.29. The Labute approximate surface area is 113 Å². The van der Waals surface area contributed by atoms with Crippen molar-refractivity contribution >= 4 is 21.4 Å². The molecular weight excluding hydrogens is 238 g/mol. The lowest BCUT2D eigenvalue weighted by Gasteiger charge is -2.11. The van der Waals surface area contributed by atoms with Crippen LogP contribution in [0.4, 0.5) is 0 Å². The van der Waals surface area contributed by atoms with Crippen molar-refractivity contribution in [2.75, 3.05) is 6.54 Å². The third kappa shape index (κ3) is 3.35. The van der Waals surface area contributed by atoms with Gasteiger partial charge >= 0.3 is 0 Å². The third-order valence-corrected chi connectivity index (χ3v) is 4.37. The van der Waals surface area contributed by atoms with Crippen LogP contribution < -0.4 is 5.32 Å². The molecule has 0 radical (unpaired) electrons. The fourth-order valence-corrected chi connectivity index (χ4v) is 3.08. The molecule has 0 saturated heterocycles. The monoisotopic (exact) mass is 257 g/mol. The fourth-order valence-electron chi connectivity index (χ4n) is 1.99. The van der Waals surface area contributed by atoms with Crippen molar-refractivity contribution in [1.29, 1.82) is 0 Å². The lowest BCUT2D eigenvalue weighted by atomic mass is 10.2. The van der Waals surface area contributed by atoms with Crippen LogP contribution in [0.1, 0.15) is 37.1 Å². The van der Waals surface area contributed by atoms with Gasteiger partial charge in [0, 0.05) is 22.0 Å². The lowest BCUT2D eigenvalue weighted by Crippen LogP contribution is -2.18. The van der Waals surface area contributed by atoms with E-state index in [4.69, 9.17) is 6.42 Å². The van der Waals surface area contributed by atoms with Crippen molar-refractivity contribution < 1.29 is 0 Å². The minimum atomic E-state index is 0.424. The number of fused-ring (bicyclic) bond motifs is 1. The molecule has 0 aliphatic heterocycles. The number of nitrogens with one attached hydrogen (secondary N) is 1. The number of hydrogen-bond donors (Lipinski definition) is 1. The number of benzene rings is 1. The van der Waals surface area contributed by atoms with Gasteiger partial charge in [-0.1, -0.05) is 18.2 Å². The second-order valence-corrected chi connectivity index (χ2v) is 5.64. The first kappa shape index (κ1) is 13.1. The minimum absolute atomic E-state index is 0.424. The summed E-state index contributed by atoms with van der Waals surface area (Å²) in [7, 11) is 0. The van der Waals surface area contributed by atoms with Gasteiger partial charge in [-0.3, -0.25) is 0 Å². The maximum Gasteiger partial charge on any atom is 0.0386 e. The summed E-state index contributed by atoms with van der Waals surface area (Å²) in [6, 6.07) is 11.3. The number of terminal acetylenes is 1. The van der Waals surface area contributed by atoms with Gasteiger partial charge in [0.05, 0.1) is 0 Å². The van der Waals surface area contributed by atoms with Gasteiger partial charge in [0.2, 0.25) is 0 Å². The van der Waals surface area contributed by atoms with Crippen LogP contribution in [0.2, 0.25) is 0 Å². The molecule has 0 aliphatic carbocycles. The standard InChI is InChI=1S/C16H19NS/c1-3-4-5-8-11-17-13(2)16-12-14-9-6-7-10-15(14)18-16/h1,6-7,9-10,12-13,17H,4-5,8,11H2,2H3. The normalized spacial score (nSPS) is 12.4. The first-order valence-electron chi connectivity index (χ1n) is 6.46. The zero-order chi connectivity index (χ0) is 12.8. The molecule has 1 heterocycles. The molecule has 94 valence electrons. The fraction of sp³-hybridized carbons (Fsp3) is 0.375. The molecule has 0 amide bonds. The van der Waals surface area contributed by atoms with Crippen LogP contribution in [-0.2, 0) is 0 Å². The van der Waals surface area contributed by atoms with Crippen LogP contribution in [0, 0.1) is 12.3 Å². The van der Waals surface area contributed by atoms with E-state index in [9.17, 15) is 0 Å². The molecule has 1 aromatic heterocycles.